The van der Waals surface area contributed by atoms with Gasteiger partial charge in [0.05, 0.1) is 23.4 Å². The van der Waals surface area contributed by atoms with Gasteiger partial charge in [-0.1, -0.05) is 62.7 Å². The van der Waals surface area contributed by atoms with Gasteiger partial charge in [0.2, 0.25) is 0 Å². The minimum atomic E-state index is -1.26. The molecule has 1 fully saturated rings. The Balaban J connectivity index is 0.000000627. The van der Waals surface area contributed by atoms with Crippen molar-refractivity contribution in [3.05, 3.63) is 77.3 Å². The summed E-state index contributed by atoms with van der Waals surface area (Å²) in [5.41, 5.74) is 2.06. The predicted octanol–water partition coefficient (Wildman–Crippen LogP) is 6.21. The summed E-state index contributed by atoms with van der Waals surface area (Å²) in [5, 5.41) is 20.7. The summed E-state index contributed by atoms with van der Waals surface area (Å²) in [7, 11) is 0. The number of aliphatic carboxylic acids is 2. The van der Waals surface area contributed by atoms with Crippen molar-refractivity contribution in [1.82, 2.24) is 15.0 Å². The smallest absolute Gasteiger partial charge is 0.328 e. The molecule has 0 saturated carbocycles. The van der Waals surface area contributed by atoms with E-state index in [1.807, 2.05) is 0 Å². The monoisotopic (exact) mass is 693 g/mol. The second-order valence-electron chi connectivity index (χ2n) is 12.5. The topological polar surface area (TPSA) is 168 Å². The van der Waals surface area contributed by atoms with Crippen molar-refractivity contribution >= 4 is 40.7 Å². The van der Waals surface area contributed by atoms with Gasteiger partial charge in [-0.25, -0.2) is 14.0 Å². The summed E-state index contributed by atoms with van der Waals surface area (Å²) in [4.78, 5) is 61.5. The maximum atomic E-state index is 13.6. The van der Waals surface area contributed by atoms with Crippen LogP contribution in [0.4, 0.5) is 4.39 Å². The highest BCUT2D eigenvalue weighted by Gasteiger charge is 2.38. The molecule has 1 saturated heterocycles. The van der Waals surface area contributed by atoms with E-state index < -0.39 is 18.0 Å². The molecular formula is C37H44FN3O9. The van der Waals surface area contributed by atoms with Crippen molar-refractivity contribution in [3.63, 3.8) is 0 Å². The molecule has 2 amide bonds. The zero-order valence-electron chi connectivity index (χ0n) is 28.2. The number of halogens is 1. The third kappa shape index (κ3) is 10.8. The summed E-state index contributed by atoms with van der Waals surface area (Å²) in [5.74, 6) is -3.69. The summed E-state index contributed by atoms with van der Waals surface area (Å²) in [6.45, 7) is 4.10. The van der Waals surface area contributed by atoms with Gasteiger partial charge in [-0.05, 0) is 56.6 Å². The first kappa shape index (κ1) is 37.9. The number of benzene rings is 2. The van der Waals surface area contributed by atoms with Crippen molar-refractivity contribution in [2.24, 2.45) is 0 Å². The van der Waals surface area contributed by atoms with Crippen LogP contribution in [0, 0.1) is 5.82 Å². The van der Waals surface area contributed by atoms with Gasteiger partial charge in [-0.3, -0.25) is 24.2 Å². The number of likely N-dealkylation sites (tertiary alicyclic amines) is 1. The quantitative estimate of drug-likeness (QED) is 0.0758. The van der Waals surface area contributed by atoms with E-state index in [1.165, 1.54) is 42.7 Å². The fourth-order valence-electron chi connectivity index (χ4n) is 6.26. The Morgan fingerprint density at radius 1 is 0.920 bits per heavy atom. The van der Waals surface area contributed by atoms with Gasteiger partial charge in [0.1, 0.15) is 11.9 Å². The Bertz CT molecular complexity index is 1630. The molecule has 13 heteroatoms. The minimum Gasteiger partial charge on any atom is -0.478 e. The van der Waals surface area contributed by atoms with Crippen LogP contribution in [0.25, 0.3) is 11.0 Å². The Morgan fingerprint density at radius 2 is 1.52 bits per heavy atom. The number of carbonyl (C=O) groups excluding carboxylic acids is 3. The van der Waals surface area contributed by atoms with Crippen molar-refractivity contribution < 1.29 is 47.8 Å². The Labute approximate surface area is 289 Å². The molecule has 0 aliphatic carbocycles. The second kappa shape index (κ2) is 18.7. The number of amides is 2. The van der Waals surface area contributed by atoms with E-state index in [4.69, 9.17) is 19.5 Å². The molecular weight excluding hydrogens is 649 g/mol. The summed E-state index contributed by atoms with van der Waals surface area (Å²) >= 11 is 0. The molecule has 0 bridgehead atoms. The number of unbranched alkanes of at least 4 members (excludes halogenated alkanes) is 6. The first-order valence-electron chi connectivity index (χ1n) is 17.1. The highest BCUT2D eigenvalue weighted by atomic mass is 19.1. The van der Waals surface area contributed by atoms with E-state index in [9.17, 15) is 28.4 Å². The largest absolute Gasteiger partial charge is 0.478 e. The maximum absolute atomic E-state index is 13.6. The fourth-order valence-corrected chi connectivity index (χ4v) is 6.26. The van der Waals surface area contributed by atoms with Crippen LogP contribution < -0.4 is 0 Å². The summed E-state index contributed by atoms with van der Waals surface area (Å²) in [6.07, 6.45) is 10.2. The number of fused-ring (bicyclic) bond motifs is 2. The van der Waals surface area contributed by atoms with Gasteiger partial charge in [0, 0.05) is 42.5 Å². The zero-order valence-corrected chi connectivity index (χ0v) is 28.2. The molecule has 2 aromatic carbocycles. The lowest BCUT2D eigenvalue weighted by Crippen LogP contribution is -2.46. The average molecular weight is 694 g/mol. The van der Waals surface area contributed by atoms with Gasteiger partial charge in [0.15, 0.2) is 5.58 Å². The molecule has 2 aliphatic heterocycles. The number of hydrogen-bond donors (Lipinski definition) is 2. The van der Waals surface area contributed by atoms with Crippen LogP contribution in [-0.2, 0) is 19.1 Å². The number of imide groups is 1. The molecule has 12 nitrogen and oxygen atoms in total. The lowest BCUT2D eigenvalue weighted by atomic mass is 9.91. The molecule has 0 spiro atoms. The Morgan fingerprint density at radius 3 is 2.12 bits per heavy atom. The lowest BCUT2D eigenvalue weighted by molar-refractivity contribution is -0.150. The van der Waals surface area contributed by atoms with Crippen molar-refractivity contribution in [1.29, 1.82) is 0 Å². The number of esters is 1. The lowest BCUT2D eigenvalue weighted by Gasteiger charge is -2.34. The average Bonchev–Trinajstić information content (AvgIpc) is 3.62. The standard InChI is InChI=1S/C33H40FN3O5.C4H4O4/c1-2-3-4-5-6-7-8-13-30(38)41-25(22-37-32(39)26-11-9-10-12-27(26)33(37)40)21-36-18-16-23(17-19-36)31-28-15-14-24(34)20-29(28)42-35-31;5-3(6)1-2-4(7)8/h9-12,14-15,20,23,25H,2-8,13,16-19,21-22H2,1H3;1-2H,(H,5,6)(H,7,8)/b;2-1+. The molecule has 2 aliphatic rings. The molecule has 268 valence electrons. The number of nitrogens with zero attached hydrogens (tertiary/aromatic N) is 3. The summed E-state index contributed by atoms with van der Waals surface area (Å²) in [6, 6.07) is 11.3. The van der Waals surface area contributed by atoms with Crippen LogP contribution in [0.2, 0.25) is 0 Å². The van der Waals surface area contributed by atoms with Crippen molar-refractivity contribution in [3.8, 4) is 0 Å². The SMILES string of the molecule is CCCCCCCCCC(=O)OC(CN1CCC(c2noc3cc(F)ccc23)CC1)CN1C(=O)c2ccccc2C1=O.O=C(O)/C=C/C(=O)O. The van der Waals surface area contributed by atoms with Gasteiger partial charge in [0.25, 0.3) is 11.8 Å². The molecule has 0 radical (unpaired) electrons. The van der Waals surface area contributed by atoms with E-state index in [1.54, 1.807) is 30.3 Å². The number of carboxylic acids is 2. The number of piperidine rings is 1. The zero-order chi connectivity index (χ0) is 36.0. The third-order valence-corrected chi connectivity index (χ3v) is 8.81. The number of hydrogen-bond acceptors (Lipinski definition) is 9. The normalized spacial score (nSPS) is 15.6. The van der Waals surface area contributed by atoms with E-state index in [2.05, 4.69) is 17.0 Å². The van der Waals surface area contributed by atoms with Gasteiger partial charge >= 0.3 is 17.9 Å². The molecule has 3 heterocycles. The van der Waals surface area contributed by atoms with Crippen LogP contribution in [0.3, 0.4) is 0 Å². The van der Waals surface area contributed by atoms with Crippen LogP contribution in [-0.4, -0.2) is 87.2 Å². The highest BCUT2D eigenvalue weighted by Crippen LogP contribution is 2.33. The molecule has 1 atom stereocenters. The number of ether oxygens (including phenoxy) is 1. The first-order valence-corrected chi connectivity index (χ1v) is 17.1. The number of carboxylic acid groups (broad SMARTS) is 2. The van der Waals surface area contributed by atoms with Gasteiger partial charge < -0.3 is 19.5 Å². The molecule has 1 aromatic heterocycles. The van der Waals surface area contributed by atoms with E-state index in [-0.39, 0.29) is 36.1 Å². The van der Waals surface area contributed by atoms with Crippen LogP contribution >= 0.6 is 0 Å². The second-order valence-corrected chi connectivity index (χ2v) is 12.5. The Hall–Kier alpha value is -4.91. The first-order chi connectivity index (χ1) is 24.1. The molecule has 50 heavy (non-hydrogen) atoms. The third-order valence-electron chi connectivity index (χ3n) is 8.81. The maximum Gasteiger partial charge on any atom is 0.328 e. The Kier molecular flexibility index (Phi) is 14.2. The van der Waals surface area contributed by atoms with Crippen LogP contribution in [0.1, 0.15) is 103 Å². The highest BCUT2D eigenvalue weighted by molar-refractivity contribution is 6.21. The van der Waals surface area contributed by atoms with Crippen LogP contribution in [0.5, 0.6) is 0 Å². The van der Waals surface area contributed by atoms with E-state index in [0.29, 0.717) is 41.8 Å². The molecule has 3 aromatic rings. The molecule has 1 unspecified atom stereocenters. The van der Waals surface area contributed by atoms with E-state index >= 15 is 0 Å². The molecule has 2 N–H and O–H groups in total. The van der Waals surface area contributed by atoms with Gasteiger partial charge in [-0.2, -0.15) is 0 Å². The van der Waals surface area contributed by atoms with Crippen molar-refractivity contribution in [2.45, 2.75) is 83.2 Å². The van der Waals surface area contributed by atoms with Gasteiger partial charge in [-0.15, -0.1) is 0 Å². The number of aromatic nitrogens is 1. The minimum absolute atomic E-state index is 0.0223. The predicted molar refractivity (Wildman–Crippen MR) is 181 cm³/mol. The molecule has 5 rings (SSSR count). The number of carbonyl (C=O) groups is 5. The fraction of sp³-hybridized carbons (Fsp3) is 0.459. The summed E-state index contributed by atoms with van der Waals surface area (Å²) < 4.78 is 24.9. The van der Waals surface area contributed by atoms with E-state index in [0.717, 1.165) is 56.3 Å². The van der Waals surface area contributed by atoms with Crippen LogP contribution in [0.15, 0.2) is 59.1 Å². The number of rotatable bonds is 16. The van der Waals surface area contributed by atoms with Crippen molar-refractivity contribution in [2.75, 3.05) is 26.2 Å².